The van der Waals surface area contributed by atoms with Gasteiger partial charge in [0, 0.05) is 0 Å². The van der Waals surface area contributed by atoms with E-state index in [9.17, 15) is 22.0 Å². The van der Waals surface area contributed by atoms with E-state index in [1.807, 2.05) is 31.2 Å². The molecule has 0 radical (unpaired) electrons. The highest BCUT2D eigenvalue weighted by Gasteiger charge is 2.45. The summed E-state index contributed by atoms with van der Waals surface area (Å²) in [6.45, 7) is 3.21. The normalized spacial score (nSPS) is 19.7. The molecule has 3 nitrogen and oxygen atoms in total. The van der Waals surface area contributed by atoms with Crippen LogP contribution in [0.25, 0.3) is 0 Å². The van der Waals surface area contributed by atoms with Crippen molar-refractivity contribution in [3.05, 3.63) is 58.9 Å². The average molecular weight is 430 g/mol. The Morgan fingerprint density at radius 2 is 1.73 bits per heavy atom. The number of rotatable bonds is 7. The summed E-state index contributed by atoms with van der Waals surface area (Å²) in [5.41, 5.74) is 0.875. The van der Waals surface area contributed by atoms with Crippen LogP contribution in [-0.2, 0) is 4.74 Å². The van der Waals surface area contributed by atoms with E-state index < -0.39 is 41.3 Å². The van der Waals surface area contributed by atoms with Gasteiger partial charge in [-0.1, -0.05) is 29.8 Å². The van der Waals surface area contributed by atoms with Gasteiger partial charge in [-0.25, -0.2) is 13.2 Å². The first-order valence-corrected chi connectivity index (χ1v) is 9.71. The molecule has 2 unspecified atom stereocenters. The molecule has 8 heteroatoms. The molecule has 1 saturated heterocycles. The van der Waals surface area contributed by atoms with Crippen molar-refractivity contribution in [1.29, 1.82) is 0 Å². The van der Waals surface area contributed by atoms with Crippen LogP contribution < -0.4 is 9.47 Å². The molecule has 0 aliphatic carbocycles. The Balaban J connectivity index is 1.71. The molecule has 0 saturated carbocycles. The summed E-state index contributed by atoms with van der Waals surface area (Å²) in [5.74, 6) is -4.23. The first-order chi connectivity index (χ1) is 14.2. The van der Waals surface area contributed by atoms with Crippen LogP contribution in [0.5, 0.6) is 11.5 Å². The fourth-order valence-electron chi connectivity index (χ4n) is 3.41. The molecule has 1 heterocycles. The molecule has 2 aromatic carbocycles. The Labute approximate surface area is 171 Å². The molecule has 1 aliphatic heterocycles. The van der Waals surface area contributed by atoms with E-state index in [-0.39, 0.29) is 25.7 Å². The molecular weight excluding hydrogens is 407 g/mol. The van der Waals surface area contributed by atoms with Crippen molar-refractivity contribution in [2.24, 2.45) is 5.92 Å². The fraction of sp³-hybridized carbons (Fsp3) is 0.455. The third kappa shape index (κ3) is 4.86. The summed E-state index contributed by atoms with van der Waals surface area (Å²) in [5, 5.41) is 0. The number of alkyl halides is 4. The van der Waals surface area contributed by atoms with Crippen LogP contribution >= 0.6 is 0 Å². The number of aryl methyl sites for hydroxylation is 1. The number of halogens is 5. The Bertz CT molecular complexity index is 847. The molecule has 3 rings (SSSR count). The van der Waals surface area contributed by atoms with Crippen LogP contribution in [0, 0.1) is 18.7 Å². The lowest BCUT2D eigenvalue weighted by atomic mass is 9.93. The van der Waals surface area contributed by atoms with Crippen LogP contribution in [-0.4, -0.2) is 19.3 Å². The number of hydrogen-bond acceptors (Lipinski definition) is 3. The SMILES string of the molecule is CCOc1ccc(OC(F)(F)C2CCC(c3ccc(C)cc3)OC2)c(F)c1C(F)F. The van der Waals surface area contributed by atoms with Gasteiger partial charge in [0.05, 0.1) is 30.8 Å². The zero-order valence-electron chi connectivity index (χ0n) is 16.6. The van der Waals surface area contributed by atoms with E-state index in [4.69, 9.17) is 9.47 Å². The Morgan fingerprint density at radius 1 is 1.07 bits per heavy atom. The first-order valence-electron chi connectivity index (χ1n) is 9.71. The lowest BCUT2D eigenvalue weighted by Gasteiger charge is -2.33. The largest absolute Gasteiger partial charge is 0.493 e. The molecule has 0 N–H and O–H groups in total. The monoisotopic (exact) mass is 430 g/mol. The van der Waals surface area contributed by atoms with E-state index in [2.05, 4.69) is 4.74 Å². The maximum Gasteiger partial charge on any atom is 0.403 e. The topological polar surface area (TPSA) is 27.7 Å². The first kappa shape index (κ1) is 22.3. The van der Waals surface area contributed by atoms with E-state index in [0.29, 0.717) is 6.42 Å². The van der Waals surface area contributed by atoms with Gasteiger partial charge >= 0.3 is 6.11 Å². The Kier molecular flexibility index (Phi) is 6.85. The number of benzene rings is 2. The van der Waals surface area contributed by atoms with Crippen molar-refractivity contribution < 1.29 is 36.2 Å². The standard InChI is InChI=1S/C22H23F5O3/c1-3-28-17-10-11-18(20(23)19(17)21(24)25)30-22(26,27)15-8-9-16(29-12-15)14-6-4-13(2)5-7-14/h4-7,10-11,15-16,21H,3,8-9,12H2,1-2H3. The minimum atomic E-state index is -3.79. The smallest absolute Gasteiger partial charge is 0.403 e. The van der Waals surface area contributed by atoms with Gasteiger partial charge in [-0.15, -0.1) is 0 Å². The van der Waals surface area contributed by atoms with Crippen LogP contribution in [0.3, 0.4) is 0 Å². The predicted molar refractivity (Wildman–Crippen MR) is 101 cm³/mol. The third-order valence-electron chi connectivity index (χ3n) is 5.07. The number of ether oxygens (including phenoxy) is 3. The third-order valence-corrected chi connectivity index (χ3v) is 5.07. The van der Waals surface area contributed by atoms with Gasteiger partial charge in [0.2, 0.25) is 0 Å². The zero-order chi connectivity index (χ0) is 21.9. The van der Waals surface area contributed by atoms with Gasteiger partial charge in [-0.05, 0) is 44.4 Å². The minimum absolute atomic E-state index is 0.0249. The van der Waals surface area contributed by atoms with Crippen molar-refractivity contribution in [2.45, 2.75) is 45.3 Å². The molecule has 1 fully saturated rings. The van der Waals surface area contributed by atoms with Crippen molar-refractivity contribution >= 4 is 0 Å². The van der Waals surface area contributed by atoms with Crippen LogP contribution in [0.1, 0.15) is 49.0 Å². The van der Waals surface area contributed by atoms with Crippen molar-refractivity contribution in [1.82, 2.24) is 0 Å². The molecule has 2 atom stereocenters. The lowest BCUT2D eigenvalue weighted by molar-refractivity contribution is -0.242. The second-order valence-corrected chi connectivity index (χ2v) is 7.19. The summed E-state index contributed by atoms with van der Waals surface area (Å²) in [7, 11) is 0. The lowest BCUT2D eigenvalue weighted by Crippen LogP contribution is -2.40. The fourth-order valence-corrected chi connectivity index (χ4v) is 3.41. The summed E-state index contributed by atoms with van der Waals surface area (Å²) in [4.78, 5) is 0. The molecule has 0 spiro atoms. The summed E-state index contributed by atoms with van der Waals surface area (Å²) in [6, 6.07) is 9.48. The highest BCUT2D eigenvalue weighted by atomic mass is 19.3. The van der Waals surface area contributed by atoms with Crippen molar-refractivity contribution in [3.63, 3.8) is 0 Å². The molecular formula is C22H23F5O3. The van der Waals surface area contributed by atoms with Gasteiger partial charge in [-0.3, -0.25) is 0 Å². The second-order valence-electron chi connectivity index (χ2n) is 7.19. The molecule has 30 heavy (non-hydrogen) atoms. The molecule has 0 aromatic heterocycles. The summed E-state index contributed by atoms with van der Waals surface area (Å²) < 4.78 is 85.3. The van der Waals surface area contributed by atoms with Crippen LogP contribution in [0.4, 0.5) is 22.0 Å². The minimum Gasteiger partial charge on any atom is -0.493 e. The van der Waals surface area contributed by atoms with Gasteiger partial charge in [0.1, 0.15) is 5.75 Å². The maximum atomic E-state index is 14.7. The van der Waals surface area contributed by atoms with Gasteiger partial charge in [0.25, 0.3) is 6.43 Å². The van der Waals surface area contributed by atoms with E-state index in [1.54, 1.807) is 6.92 Å². The van der Waals surface area contributed by atoms with E-state index in [0.717, 1.165) is 23.3 Å². The number of hydrogen-bond donors (Lipinski definition) is 0. The molecule has 2 aromatic rings. The van der Waals surface area contributed by atoms with Gasteiger partial charge < -0.3 is 14.2 Å². The Morgan fingerprint density at radius 3 is 2.30 bits per heavy atom. The van der Waals surface area contributed by atoms with E-state index in [1.165, 1.54) is 0 Å². The van der Waals surface area contributed by atoms with E-state index >= 15 is 0 Å². The van der Waals surface area contributed by atoms with Gasteiger partial charge in [-0.2, -0.15) is 8.78 Å². The predicted octanol–water partition coefficient (Wildman–Crippen LogP) is 6.61. The van der Waals surface area contributed by atoms with Crippen LogP contribution in [0.15, 0.2) is 36.4 Å². The van der Waals surface area contributed by atoms with Crippen molar-refractivity contribution in [3.8, 4) is 11.5 Å². The molecule has 164 valence electrons. The highest BCUT2D eigenvalue weighted by Crippen LogP contribution is 2.42. The maximum absolute atomic E-state index is 14.7. The Hall–Kier alpha value is -2.35. The van der Waals surface area contributed by atoms with Crippen LogP contribution in [0.2, 0.25) is 0 Å². The second kappa shape index (κ2) is 9.20. The molecule has 1 aliphatic rings. The highest BCUT2D eigenvalue weighted by molar-refractivity contribution is 5.43. The molecule has 0 bridgehead atoms. The summed E-state index contributed by atoms with van der Waals surface area (Å²) in [6.07, 6.45) is -6.93. The van der Waals surface area contributed by atoms with Crippen molar-refractivity contribution in [2.75, 3.05) is 13.2 Å². The van der Waals surface area contributed by atoms with Gasteiger partial charge in [0.15, 0.2) is 11.6 Å². The average Bonchev–Trinajstić information content (AvgIpc) is 2.71. The zero-order valence-corrected chi connectivity index (χ0v) is 16.6. The summed E-state index contributed by atoms with van der Waals surface area (Å²) >= 11 is 0. The molecule has 0 amide bonds. The quantitative estimate of drug-likeness (QED) is 0.463.